The van der Waals surface area contributed by atoms with Crippen molar-refractivity contribution in [2.24, 2.45) is 0 Å². The quantitative estimate of drug-likeness (QED) is 0.409. The number of anilines is 1. The van der Waals surface area contributed by atoms with Crippen LogP contribution in [0.15, 0.2) is 91.3 Å². The highest BCUT2D eigenvalue weighted by atomic mass is 32.1. The number of rotatable bonds is 6. The number of ether oxygens (including phenoxy) is 2. The van der Waals surface area contributed by atoms with Crippen molar-refractivity contribution in [1.29, 1.82) is 0 Å². The Morgan fingerprint density at radius 2 is 1.48 bits per heavy atom. The van der Waals surface area contributed by atoms with Gasteiger partial charge in [0, 0.05) is 29.5 Å². The molecular weight excluding hydrogens is 432 g/mol. The summed E-state index contributed by atoms with van der Waals surface area (Å²) >= 11 is 5.83. The van der Waals surface area contributed by atoms with Gasteiger partial charge >= 0.3 is 0 Å². The van der Waals surface area contributed by atoms with E-state index < -0.39 is 0 Å². The van der Waals surface area contributed by atoms with Crippen LogP contribution < -0.4 is 19.7 Å². The fourth-order valence-corrected chi connectivity index (χ4v) is 4.64. The van der Waals surface area contributed by atoms with E-state index in [0.717, 1.165) is 34.3 Å². The third kappa shape index (κ3) is 3.91. The number of benzene rings is 2. The molecule has 0 amide bonds. The van der Waals surface area contributed by atoms with E-state index in [4.69, 9.17) is 21.7 Å². The maximum Gasteiger partial charge on any atom is 0.174 e. The van der Waals surface area contributed by atoms with Crippen LogP contribution in [0.2, 0.25) is 0 Å². The molecule has 6 nitrogen and oxygen atoms in total. The van der Waals surface area contributed by atoms with Gasteiger partial charge in [0.05, 0.1) is 26.0 Å². The second-order valence-electron chi connectivity index (χ2n) is 7.70. The van der Waals surface area contributed by atoms with Gasteiger partial charge in [0.1, 0.15) is 17.5 Å². The molecule has 1 aliphatic rings. The molecule has 7 heteroatoms. The van der Waals surface area contributed by atoms with Gasteiger partial charge in [-0.3, -0.25) is 4.98 Å². The maximum atomic E-state index is 5.83. The highest BCUT2D eigenvalue weighted by Gasteiger charge is 2.42. The lowest BCUT2D eigenvalue weighted by atomic mass is 10.0. The zero-order valence-electron chi connectivity index (χ0n) is 18.4. The summed E-state index contributed by atoms with van der Waals surface area (Å²) < 4.78 is 12.9. The second-order valence-corrected chi connectivity index (χ2v) is 8.08. The minimum Gasteiger partial charge on any atom is -0.497 e. The molecule has 4 aromatic rings. The number of methoxy groups -OCH3 is 2. The molecular formula is C26H24N4O2S. The van der Waals surface area contributed by atoms with E-state index in [-0.39, 0.29) is 12.1 Å². The predicted molar refractivity (Wildman–Crippen MR) is 133 cm³/mol. The summed E-state index contributed by atoms with van der Waals surface area (Å²) in [5.41, 5.74) is 4.06. The maximum absolute atomic E-state index is 5.83. The van der Waals surface area contributed by atoms with Gasteiger partial charge in [0.15, 0.2) is 5.11 Å². The Morgan fingerprint density at radius 3 is 2.09 bits per heavy atom. The van der Waals surface area contributed by atoms with Gasteiger partial charge in [0.25, 0.3) is 0 Å². The van der Waals surface area contributed by atoms with Gasteiger partial charge in [0.2, 0.25) is 0 Å². The van der Waals surface area contributed by atoms with Crippen LogP contribution in [0.25, 0.3) is 5.69 Å². The summed E-state index contributed by atoms with van der Waals surface area (Å²) in [5.74, 6) is 1.62. The number of hydrogen-bond acceptors (Lipinski definition) is 4. The van der Waals surface area contributed by atoms with Crippen molar-refractivity contribution in [2.45, 2.75) is 12.1 Å². The molecule has 5 rings (SSSR count). The molecule has 0 saturated carbocycles. The molecule has 2 aromatic carbocycles. The first-order valence-corrected chi connectivity index (χ1v) is 11.1. The highest BCUT2D eigenvalue weighted by Crippen LogP contribution is 2.42. The van der Waals surface area contributed by atoms with Gasteiger partial charge in [-0.2, -0.15) is 0 Å². The Balaban J connectivity index is 1.62. The molecule has 2 unspecified atom stereocenters. The molecule has 0 aliphatic carbocycles. The van der Waals surface area contributed by atoms with Crippen LogP contribution in [0.1, 0.15) is 23.5 Å². The topological polar surface area (TPSA) is 51.5 Å². The van der Waals surface area contributed by atoms with E-state index in [2.05, 4.69) is 50.2 Å². The summed E-state index contributed by atoms with van der Waals surface area (Å²) in [5, 5.41) is 4.17. The Hall–Kier alpha value is -3.84. The SMILES string of the molecule is COc1ccc(N2C(=S)NC(c3ccccn3)C2c2cccn2-c2ccc(OC)cc2)cc1. The summed E-state index contributed by atoms with van der Waals surface area (Å²) in [6, 6.07) is 25.9. The summed E-state index contributed by atoms with van der Waals surface area (Å²) in [6.07, 6.45) is 3.88. The zero-order valence-corrected chi connectivity index (χ0v) is 19.2. The van der Waals surface area contributed by atoms with Crippen molar-refractivity contribution < 1.29 is 9.47 Å². The number of thiocarbonyl (C=S) groups is 1. The van der Waals surface area contributed by atoms with Crippen molar-refractivity contribution in [3.63, 3.8) is 0 Å². The molecule has 0 bridgehead atoms. The lowest BCUT2D eigenvalue weighted by Gasteiger charge is -2.29. The molecule has 2 atom stereocenters. The molecule has 1 N–H and O–H groups in total. The van der Waals surface area contributed by atoms with Gasteiger partial charge in [-0.25, -0.2) is 0 Å². The van der Waals surface area contributed by atoms with Crippen LogP contribution in [0.4, 0.5) is 5.69 Å². The fourth-order valence-electron chi connectivity index (χ4n) is 4.29. The van der Waals surface area contributed by atoms with Crippen molar-refractivity contribution in [3.8, 4) is 17.2 Å². The summed E-state index contributed by atoms with van der Waals surface area (Å²) in [7, 11) is 3.34. The first-order valence-electron chi connectivity index (χ1n) is 10.7. The first-order chi connectivity index (χ1) is 16.2. The number of hydrogen-bond donors (Lipinski definition) is 1. The van der Waals surface area contributed by atoms with Crippen LogP contribution in [-0.4, -0.2) is 28.9 Å². The van der Waals surface area contributed by atoms with Gasteiger partial charge in [-0.1, -0.05) is 6.07 Å². The van der Waals surface area contributed by atoms with E-state index in [1.54, 1.807) is 14.2 Å². The van der Waals surface area contributed by atoms with Crippen LogP contribution in [0.5, 0.6) is 11.5 Å². The van der Waals surface area contributed by atoms with E-state index in [1.807, 2.05) is 60.8 Å². The molecule has 3 heterocycles. The third-order valence-corrected chi connectivity index (χ3v) is 6.20. The van der Waals surface area contributed by atoms with E-state index in [1.165, 1.54) is 0 Å². The minimum atomic E-state index is -0.118. The van der Waals surface area contributed by atoms with Crippen molar-refractivity contribution in [2.75, 3.05) is 19.1 Å². The number of aromatic nitrogens is 2. The van der Waals surface area contributed by atoms with Crippen molar-refractivity contribution in [3.05, 3.63) is 103 Å². The van der Waals surface area contributed by atoms with Crippen molar-refractivity contribution >= 4 is 23.0 Å². The molecule has 0 radical (unpaired) electrons. The summed E-state index contributed by atoms with van der Waals surface area (Å²) in [4.78, 5) is 6.80. The third-order valence-electron chi connectivity index (χ3n) is 5.88. The molecule has 2 aromatic heterocycles. The molecule has 166 valence electrons. The Kier molecular flexibility index (Phi) is 5.71. The van der Waals surface area contributed by atoms with Crippen LogP contribution in [-0.2, 0) is 0 Å². The lowest BCUT2D eigenvalue weighted by molar-refractivity contribution is 0.414. The second kappa shape index (κ2) is 8.96. The average Bonchev–Trinajstić information content (AvgIpc) is 3.49. The van der Waals surface area contributed by atoms with Gasteiger partial charge in [-0.05, 0) is 85.0 Å². The Morgan fingerprint density at radius 1 is 0.818 bits per heavy atom. The normalized spacial score (nSPS) is 17.6. The van der Waals surface area contributed by atoms with Crippen LogP contribution >= 0.6 is 12.2 Å². The minimum absolute atomic E-state index is 0.113. The molecule has 1 aliphatic heterocycles. The molecule has 33 heavy (non-hydrogen) atoms. The number of nitrogens with zero attached hydrogens (tertiary/aromatic N) is 3. The van der Waals surface area contributed by atoms with Crippen LogP contribution in [0.3, 0.4) is 0 Å². The predicted octanol–water partition coefficient (Wildman–Crippen LogP) is 5.07. The van der Waals surface area contributed by atoms with E-state index in [9.17, 15) is 0 Å². The van der Waals surface area contributed by atoms with Crippen LogP contribution in [0, 0.1) is 0 Å². The summed E-state index contributed by atoms with van der Waals surface area (Å²) in [6.45, 7) is 0. The molecule has 1 fully saturated rings. The number of pyridine rings is 1. The monoisotopic (exact) mass is 456 g/mol. The Bertz CT molecular complexity index is 1240. The smallest absolute Gasteiger partial charge is 0.174 e. The number of nitrogens with one attached hydrogen (secondary N) is 1. The first kappa shape index (κ1) is 21.0. The zero-order chi connectivity index (χ0) is 22.8. The van der Waals surface area contributed by atoms with E-state index in [0.29, 0.717) is 5.11 Å². The Labute approximate surface area is 198 Å². The highest BCUT2D eigenvalue weighted by molar-refractivity contribution is 7.80. The van der Waals surface area contributed by atoms with E-state index >= 15 is 0 Å². The molecule has 1 saturated heterocycles. The largest absolute Gasteiger partial charge is 0.497 e. The molecule has 0 spiro atoms. The van der Waals surface area contributed by atoms with Crippen molar-refractivity contribution in [1.82, 2.24) is 14.9 Å². The van der Waals surface area contributed by atoms with Gasteiger partial charge in [-0.15, -0.1) is 0 Å². The standard InChI is InChI=1S/C26H24N4O2S/c1-31-20-12-8-18(9-13-20)29-17-5-7-23(29)25-24(22-6-3-4-16-27-22)28-26(33)30(25)19-10-14-21(32-2)15-11-19/h3-17,24-25H,1-2H3,(H,28,33). The average molecular weight is 457 g/mol. The van der Waals surface area contributed by atoms with Gasteiger partial charge < -0.3 is 24.3 Å². The lowest BCUT2D eigenvalue weighted by Crippen LogP contribution is -2.30. The fraction of sp³-hybridized carbons (Fsp3) is 0.154.